The van der Waals surface area contributed by atoms with Crippen LogP contribution in [-0.2, 0) is 0 Å². The average Bonchev–Trinajstić information content (AvgIpc) is 3.44. The minimum Gasteiger partial charge on any atom is -0.292 e. The van der Waals surface area contributed by atoms with E-state index in [9.17, 15) is 0 Å². The summed E-state index contributed by atoms with van der Waals surface area (Å²) in [4.78, 5) is 19.0. The molecule has 8 rings (SSSR count). The molecule has 0 aliphatic rings. The fraction of sp³-hybridized carbons (Fsp3) is 0. The fourth-order valence-corrected chi connectivity index (χ4v) is 5.59. The first kappa shape index (κ1) is 23.2. The van der Waals surface area contributed by atoms with E-state index >= 15 is 0 Å². The van der Waals surface area contributed by atoms with Gasteiger partial charge in [-0.3, -0.25) is 14.4 Å². The zero-order valence-corrected chi connectivity index (χ0v) is 22.0. The van der Waals surface area contributed by atoms with Crippen LogP contribution in [0.15, 0.2) is 140 Å². The van der Waals surface area contributed by atoms with E-state index in [4.69, 9.17) is 9.97 Å². The largest absolute Gasteiger partial charge is 0.292 e. The maximum atomic E-state index is 4.96. The standard InChI is InChI=1S/C36H23N5/c1-3-16-34-27(12-1)28(23-36-40-31-15-2-4-17-35(31)41(34)36)25-11-9-10-24(20-25)26-21-32(29-13-5-7-18-37-29)39-33(22-26)30-14-6-8-19-38-30/h1-23H. The lowest BCUT2D eigenvalue weighted by Crippen LogP contribution is -1.94. The highest BCUT2D eigenvalue weighted by Gasteiger charge is 2.15. The van der Waals surface area contributed by atoms with Crippen LogP contribution >= 0.6 is 0 Å². The Bertz CT molecular complexity index is 2140. The van der Waals surface area contributed by atoms with Crippen molar-refractivity contribution in [3.8, 4) is 45.0 Å². The number of hydrogen-bond donors (Lipinski definition) is 0. The van der Waals surface area contributed by atoms with Crippen molar-refractivity contribution in [2.75, 3.05) is 0 Å². The summed E-state index contributed by atoms with van der Waals surface area (Å²) in [6.45, 7) is 0. The summed E-state index contributed by atoms with van der Waals surface area (Å²) < 4.78 is 2.25. The van der Waals surface area contributed by atoms with Gasteiger partial charge < -0.3 is 0 Å². The maximum absolute atomic E-state index is 4.96. The van der Waals surface area contributed by atoms with Crippen LogP contribution < -0.4 is 0 Å². The van der Waals surface area contributed by atoms with Gasteiger partial charge in [-0.05, 0) is 89.0 Å². The number of aromatic nitrogens is 5. The summed E-state index contributed by atoms with van der Waals surface area (Å²) in [5.74, 6) is 0. The number of rotatable bonds is 4. The predicted molar refractivity (Wildman–Crippen MR) is 165 cm³/mol. The molecule has 192 valence electrons. The number of imidazole rings is 1. The number of hydrogen-bond acceptors (Lipinski definition) is 4. The molecule has 0 unspecified atom stereocenters. The molecule has 5 aromatic heterocycles. The van der Waals surface area contributed by atoms with Crippen molar-refractivity contribution in [2.45, 2.75) is 0 Å². The van der Waals surface area contributed by atoms with Gasteiger partial charge in [-0.2, -0.15) is 0 Å². The highest BCUT2D eigenvalue weighted by Crippen LogP contribution is 2.36. The Morgan fingerprint density at radius 3 is 1.83 bits per heavy atom. The first-order valence-corrected chi connectivity index (χ1v) is 13.6. The molecular weight excluding hydrogens is 502 g/mol. The molecule has 3 aromatic carbocycles. The fourth-order valence-electron chi connectivity index (χ4n) is 5.59. The Morgan fingerprint density at radius 2 is 1.10 bits per heavy atom. The molecule has 5 heterocycles. The van der Waals surface area contributed by atoms with E-state index in [1.54, 1.807) is 12.4 Å². The van der Waals surface area contributed by atoms with Crippen molar-refractivity contribution in [3.63, 3.8) is 0 Å². The third kappa shape index (κ3) is 4.03. The smallest absolute Gasteiger partial charge is 0.139 e. The molecule has 0 bridgehead atoms. The van der Waals surface area contributed by atoms with E-state index in [0.29, 0.717) is 0 Å². The molecule has 0 aliphatic heterocycles. The van der Waals surface area contributed by atoms with Gasteiger partial charge >= 0.3 is 0 Å². The molecule has 0 amide bonds. The molecule has 8 aromatic rings. The van der Waals surface area contributed by atoms with E-state index in [2.05, 4.69) is 99.3 Å². The van der Waals surface area contributed by atoms with Crippen molar-refractivity contribution in [1.29, 1.82) is 0 Å². The number of nitrogens with zero attached hydrogens (tertiary/aromatic N) is 5. The highest BCUT2D eigenvalue weighted by molar-refractivity contribution is 6.00. The Balaban J connectivity index is 1.33. The second-order valence-corrected chi connectivity index (χ2v) is 10.0. The van der Waals surface area contributed by atoms with Crippen molar-refractivity contribution in [2.24, 2.45) is 0 Å². The monoisotopic (exact) mass is 525 g/mol. The molecule has 0 fully saturated rings. The lowest BCUT2D eigenvalue weighted by Gasteiger charge is -2.13. The highest BCUT2D eigenvalue weighted by atomic mass is 15.0. The van der Waals surface area contributed by atoms with E-state index in [1.165, 1.54) is 5.39 Å². The van der Waals surface area contributed by atoms with Crippen molar-refractivity contribution in [1.82, 2.24) is 24.3 Å². The number of fused-ring (bicyclic) bond motifs is 5. The summed E-state index contributed by atoms with van der Waals surface area (Å²) in [6, 6.07) is 43.7. The Morgan fingerprint density at radius 1 is 0.439 bits per heavy atom. The van der Waals surface area contributed by atoms with Crippen LogP contribution in [0, 0.1) is 0 Å². The molecule has 0 aliphatic carbocycles. The van der Waals surface area contributed by atoms with Gasteiger partial charge in [0.15, 0.2) is 0 Å². The van der Waals surface area contributed by atoms with E-state index in [-0.39, 0.29) is 0 Å². The van der Waals surface area contributed by atoms with E-state index in [1.807, 2.05) is 42.5 Å². The van der Waals surface area contributed by atoms with Crippen molar-refractivity contribution < 1.29 is 0 Å². The van der Waals surface area contributed by atoms with Crippen LogP contribution in [0.5, 0.6) is 0 Å². The quantitative estimate of drug-likeness (QED) is 0.231. The summed E-state index contributed by atoms with van der Waals surface area (Å²) in [5, 5.41) is 1.18. The first-order chi connectivity index (χ1) is 20.3. The van der Waals surface area contributed by atoms with Gasteiger partial charge in [-0.25, -0.2) is 9.97 Å². The first-order valence-electron chi connectivity index (χ1n) is 13.6. The van der Waals surface area contributed by atoms with Gasteiger partial charge in [0.25, 0.3) is 0 Å². The minimum absolute atomic E-state index is 0.810. The Kier molecular flexibility index (Phi) is 5.38. The van der Waals surface area contributed by atoms with Crippen LogP contribution in [0.2, 0.25) is 0 Å². The second-order valence-electron chi connectivity index (χ2n) is 10.0. The zero-order valence-electron chi connectivity index (χ0n) is 22.0. The number of benzene rings is 3. The van der Waals surface area contributed by atoms with Gasteiger partial charge in [0.05, 0.1) is 39.3 Å². The van der Waals surface area contributed by atoms with Crippen LogP contribution in [0.4, 0.5) is 0 Å². The van der Waals surface area contributed by atoms with Crippen molar-refractivity contribution >= 4 is 27.6 Å². The van der Waals surface area contributed by atoms with Crippen LogP contribution in [0.3, 0.4) is 0 Å². The third-order valence-electron chi connectivity index (χ3n) is 7.48. The summed E-state index contributed by atoms with van der Waals surface area (Å²) in [5.41, 5.74) is 11.9. The lowest BCUT2D eigenvalue weighted by atomic mass is 9.96. The molecule has 5 heteroatoms. The molecular formula is C36H23N5. The second kappa shape index (κ2) is 9.50. The minimum atomic E-state index is 0.810. The van der Waals surface area contributed by atoms with Gasteiger partial charge in [0, 0.05) is 17.8 Å². The maximum Gasteiger partial charge on any atom is 0.139 e. The SMILES string of the molecule is c1ccc(-c2cc(-c3cccc(-c4cc5nc6ccccc6n5c5ccccc45)c3)cc(-c3ccccn3)n2)nc1. The topological polar surface area (TPSA) is 56.0 Å². The van der Waals surface area contributed by atoms with Crippen LogP contribution in [0.25, 0.3) is 72.6 Å². The van der Waals surface area contributed by atoms with Crippen LogP contribution in [-0.4, -0.2) is 24.3 Å². The molecule has 0 radical (unpaired) electrons. The predicted octanol–water partition coefficient (Wildman–Crippen LogP) is 8.49. The van der Waals surface area contributed by atoms with Gasteiger partial charge in [0.1, 0.15) is 5.65 Å². The van der Waals surface area contributed by atoms with E-state index < -0.39 is 0 Å². The molecule has 0 saturated heterocycles. The molecule has 0 saturated carbocycles. The van der Waals surface area contributed by atoms with E-state index in [0.717, 1.165) is 67.2 Å². The average molecular weight is 526 g/mol. The Labute approximate surface area is 236 Å². The lowest BCUT2D eigenvalue weighted by molar-refractivity contribution is 1.22. The number of pyridine rings is 4. The van der Waals surface area contributed by atoms with Crippen molar-refractivity contribution in [3.05, 3.63) is 140 Å². The van der Waals surface area contributed by atoms with Gasteiger partial charge in [0.2, 0.25) is 0 Å². The molecule has 0 N–H and O–H groups in total. The van der Waals surface area contributed by atoms with Crippen LogP contribution in [0.1, 0.15) is 0 Å². The molecule has 41 heavy (non-hydrogen) atoms. The van der Waals surface area contributed by atoms with Gasteiger partial charge in [-0.15, -0.1) is 0 Å². The molecule has 0 atom stereocenters. The zero-order chi connectivity index (χ0) is 27.2. The normalized spacial score (nSPS) is 11.4. The molecule has 0 spiro atoms. The Hall–Kier alpha value is -5.68. The number of para-hydroxylation sites is 3. The molecule has 5 nitrogen and oxygen atoms in total. The summed E-state index contributed by atoms with van der Waals surface area (Å²) in [6.07, 6.45) is 3.59. The summed E-state index contributed by atoms with van der Waals surface area (Å²) >= 11 is 0. The van der Waals surface area contributed by atoms with Gasteiger partial charge in [-0.1, -0.05) is 60.7 Å². The summed E-state index contributed by atoms with van der Waals surface area (Å²) in [7, 11) is 0. The third-order valence-corrected chi connectivity index (χ3v) is 7.48.